The van der Waals surface area contributed by atoms with Crippen molar-refractivity contribution in [2.75, 3.05) is 5.73 Å². The minimum Gasteiger partial charge on any atom is -0.398 e. The number of anilines is 1. The van der Waals surface area contributed by atoms with Gasteiger partial charge in [0.1, 0.15) is 0 Å². The van der Waals surface area contributed by atoms with E-state index in [4.69, 9.17) is 17.3 Å². The lowest BCUT2D eigenvalue weighted by Gasteiger charge is -2.16. The molecule has 0 saturated carbocycles. The summed E-state index contributed by atoms with van der Waals surface area (Å²) in [6.45, 7) is 1.88. The minimum atomic E-state index is -0.220. The van der Waals surface area contributed by atoms with E-state index in [9.17, 15) is 4.79 Å². The molecule has 0 bridgehead atoms. The molecule has 0 saturated heterocycles. The molecule has 2 aromatic rings. The predicted molar refractivity (Wildman–Crippen MR) is 85.9 cm³/mol. The maximum atomic E-state index is 12.2. The van der Waals surface area contributed by atoms with Gasteiger partial charge in [-0.3, -0.25) is 4.79 Å². The highest BCUT2D eigenvalue weighted by Crippen LogP contribution is 2.23. The fraction of sp³-hybridized carbons (Fsp3) is 0.133. The number of benzene rings is 2. The molecule has 2 rings (SSSR count). The van der Waals surface area contributed by atoms with Crippen LogP contribution in [0.5, 0.6) is 0 Å². The first-order valence-corrected chi connectivity index (χ1v) is 7.26. The third-order valence-electron chi connectivity index (χ3n) is 2.98. The van der Waals surface area contributed by atoms with Gasteiger partial charge in [-0.2, -0.15) is 0 Å². The van der Waals surface area contributed by atoms with Crippen molar-refractivity contribution in [3.8, 4) is 0 Å². The molecule has 0 radical (unpaired) electrons. The van der Waals surface area contributed by atoms with Crippen LogP contribution in [0.25, 0.3) is 0 Å². The van der Waals surface area contributed by atoms with E-state index in [1.165, 1.54) is 0 Å². The van der Waals surface area contributed by atoms with E-state index in [-0.39, 0.29) is 11.9 Å². The third kappa shape index (κ3) is 3.32. The van der Waals surface area contributed by atoms with Gasteiger partial charge in [-0.15, -0.1) is 0 Å². The molecule has 0 aliphatic rings. The van der Waals surface area contributed by atoms with E-state index >= 15 is 0 Å². The van der Waals surface area contributed by atoms with Gasteiger partial charge in [-0.1, -0.05) is 45.7 Å². The van der Waals surface area contributed by atoms with Crippen molar-refractivity contribution in [2.24, 2.45) is 0 Å². The number of rotatable bonds is 3. The molecule has 0 aromatic heterocycles. The molecule has 5 heteroatoms. The topological polar surface area (TPSA) is 55.1 Å². The van der Waals surface area contributed by atoms with E-state index in [2.05, 4.69) is 21.2 Å². The van der Waals surface area contributed by atoms with Crippen molar-refractivity contribution in [3.05, 3.63) is 63.1 Å². The Morgan fingerprint density at radius 1 is 1.30 bits per heavy atom. The number of carbonyl (C=O) groups is 1. The molecule has 0 fully saturated rings. The van der Waals surface area contributed by atoms with Crippen LogP contribution in [0.3, 0.4) is 0 Å². The molecule has 104 valence electrons. The summed E-state index contributed by atoms with van der Waals surface area (Å²) in [4.78, 5) is 12.2. The molecule has 0 heterocycles. The SMILES string of the molecule is C[C@@H](NC(=O)c1ccc(Br)cc1N)c1ccccc1Cl. The number of nitrogen functional groups attached to an aromatic ring is 1. The summed E-state index contributed by atoms with van der Waals surface area (Å²) in [5.41, 5.74) is 7.61. The van der Waals surface area contributed by atoms with E-state index in [1.807, 2.05) is 25.1 Å². The predicted octanol–water partition coefficient (Wildman–Crippen LogP) is 4.18. The van der Waals surface area contributed by atoms with Gasteiger partial charge in [0.2, 0.25) is 0 Å². The molecule has 3 nitrogen and oxygen atoms in total. The Balaban J connectivity index is 2.17. The Hall–Kier alpha value is -1.52. The number of amides is 1. The fourth-order valence-electron chi connectivity index (χ4n) is 1.92. The normalized spacial score (nSPS) is 11.9. The molecule has 20 heavy (non-hydrogen) atoms. The fourth-order valence-corrected chi connectivity index (χ4v) is 2.60. The summed E-state index contributed by atoms with van der Waals surface area (Å²) < 4.78 is 0.839. The van der Waals surface area contributed by atoms with E-state index in [1.54, 1.807) is 24.3 Å². The minimum absolute atomic E-state index is 0.195. The highest BCUT2D eigenvalue weighted by Gasteiger charge is 2.15. The van der Waals surface area contributed by atoms with Gasteiger partial charge in [-0.25, -0.2) is 0 Å². The van der Waals surface area contributed by atoms with Crippen molar-refractivity contribution in [2.45, 2.75) is 13.0 Å². The Morgan fingerprint density at radius 3 is 2.65 bits per heavy atom. The summed E-state index contributed by atoms with van der Waals surface area (Å²) in [6, 6.07) is 12.4. The van der Waals surface area contributed by atoms with Crippen molar-refractivity contribution in [1.82, 2.24) is 5.32 Å². The number of nitrogens with two attached hydrogens (primary N) is 1. The summed E-state index contributed by atoms with van der Waals surface area (Å²) >= 11 is 9.43. The van der Waals surface area contributed by atoms with E-state index < -0.39 is 0 Å². The van der Waals surface area contributed by atoms with Crippen LogP contribution < -0.4 is 11.1 Å². The Bertz CT molecular complexity index is 646. The average molecular weight is 354 g/mol. The average Bonchev–Trinajstić information content (AvgIpc) is 2.38. The smallest absolute Gasteiger partial charge is 0.253 e. The second-order valence-corrected chi connectivity index (χ2v) is 5.77. The van der Waals surface area contributed by atoms with E-state index in [0.717, 1.165) is 10.0 Å². The Labute approximate surface area is 131 Å². The van der Waals surface area contributed by atoms with Gasteiger partial charge in [0.05, 0.1) is 11.6 Å². The van der Waals surface area contributed by atoms with Crippen LogP contribution >= 0.6 is 27.5 Å². The molecule has 1 atom stereocenters. The van der Waals surface area contributed by atoms with Crippen molar-refractivity contribution in [3.63, 3.8) is 0 Å². The summed E-state index contributed by atoms with van der Waals surface area (Å²) in [5, 5.41) is 3.52. The summed E-state index contributed by atoms with van der Waals surface area (Å²) in [6.07, 6.45) is 0. The summed E-state index contributed by atoms with van der Waals surface area (Å²) in [7, 11) is 0. The van der Waals surface area contributed by atoms with Gasteiger partial charge in [0.15, 0.2) is 0 Å². The van der Waals surface area contributed by atoms with Gasteiger partial charge in [-0.05, 0) is 36.8 Å². The molecular formula is C15H14BrClN2O. The second-order valence-electron chi connectivity index (χ2n) is 4.45. The highest BCUT2D eigenvalue weighted by molar-refractivity contribution is 9.10. The van der Waals surface area contributed by atoms with Gasteiger partial charge < -0.3 is 11.1 Å². The number of nitrogens with one attached hydrogen (secondary N) is 1. The number of halogens is 2. The van der Waals surface area contributed by atoms with Gasteiger partial charge >= 0.3 is 0 Å². The Morgan fingerprint density at radius 2 is 2.00 bits per heavy atom. The van der Waals surface area contributed by atoms with Crippen molar-refractivity contribution >= 4 is 39.1 Å². The first-order valence-electron chi connectivity index (χ1n) is 6.09. The second kappa shape index (κ2) is 6.29. The van der Waals surface area contributed by atoms with Crippen LogP contribution in [0.4, 0.5) is 5.69 Å². The summed E-state index contributed by atoms with van der Waals surface area (Å²) in [5.74, 6) is -0.220. The molecule has 0 aliphatic carbocycles. The van der Waals surface area contributed by atoms with Gasteiger partial charge in [0, 0.05) is 15.2 Å². The molecule has 0 aliphatic heterocycles. The Kier molecular flexibility index (Phi) is 4.68. The van der Waals surface area contributed by atoms with Crippen LogP contribution in [0, 0.1) is 0 Å². The van der Waals surface area contributed by atoms with Gasteiger partial charge in [0.25, 0.3) is 5.91 Å². The largest absolute Gasteiger partial charge is 0.398 e. The van der Waals surface area contributed by atoms with Crippen LogP contribution in [0.1, 0.15) is 28.9 Å². The van der Waals surface area contributed by atoms with Crippen LogP contribution in [-0.4, -0.2) is 5.91 Å². The molecule has 2 aromatic carbocycles. The first-order chi connectivity index (χ1) is 9.49. The lowest BCUT2D eigenvalue weighted by Crippen LogP contribution is -2.27. The molecule has 3 N–H and O–H groups in total. The molecule has 1 amide bonds. The van der Waals surface area contributed by atoms with Crippen LogP contribution in [0.15, 0.2) is 46.9 Å². The zero-order valence-electron chi connectivity index (χ0n) is 10.9. The lowest BCUT2D eigenvalue weighted by atomic mass is 10.1. The molecule has 0 unspecified atom stereocenters. The van der Waals surface area contributed by atoms with E-state index in [0.29, 0.717) is 16.3 Å². The number of carbonyl (C=O) groups excluding carboxylic acids is 1. The zero-order valence-corrected chi connectivity index (χ0v) is 13.2. The highest BCUT2D eigenvalue weighted by atomic mass is 79.9. The quantitative estimate of drug-likeness (QED) is 0.813. The standard InChI is InChI=1S/C15H14BrClN2O/c1-9(11-4-2-3-5-13(11)17)19-15(20)12-7-6-10(16)8-14(12)18/h2-9H,18H2,1H3,(H,19,20)/t9-/m1/s1. The maximum absolute atomic E-state index is 12.2. The van der Waals surface area contributed by atoms with Crippen molar-refractivity contribution in [1.29, 1.82) is 0 Å². The third-order valence-corrected chi connectivity index (χ3v) is 3.82. The van der Waals surface area contributed by atoms with Crippen LogP contribution in [-0.2, 0) is 0 Å². The number of hydrogen-bond acceptors (Lipinski definition) is 2. The zero-order chi connectivity index (χ0) is 14.7. The lowest BCUT2D eigenvalue weighted by molar-refractivity contribution is 0.0941. The van der Waals surface area contributed by atoms with Crippen molar-refractivity contribution < 1.29 is 4.79 Å². The first kappa shape index (κ1) is 14.9. The van der Waals surface area contributed by atoms with Crippen LogP contribution in [0.2, 0.25) is 5.02 Å². The maximum Gasteiger partial charge on any atom is 0.253 e. The molecule has 0 spiro atoms. The number of hydrogen-bond donors (Lipinski definition) is 2. The molecular weight excluding hydrogens is 340 g/mol. The monoisotopic (exact) mass is 352 g/mol.